The smallest absolute Gasteiger partial charge is 0.158 e. The van der Waals surface area contributed by atoms with Crippen LogP contribution in [0.15, 0.2) is 6.07 Å². The Bertz CT molecular complexity index is 372. The van der Waals surface area contributed by atoms with Crippen molar-refractivity contribution < 1.29 is 4.74 Å². The number of nitrogens with one attached hydrogen (secondary N) is 1. The molecule has 4 nitrogen and oxygen atoms in total. The summed E-state index contributed by atoms with van der Waals surface area (Å²) in [4.78, 5) is 8.50. The number of hydrogen-bond acceptors (Lipinski definition) is 4. The number of nitrogens with zero attached hydrogens (tertiary/aromatic N) is 2. The third-order valence-electron chi connectivity index (χ3n) is 2.69. The Morgan fingerprint density at radius 3 is 2.79 bits per heavy atom. The van der Waals surface area contributed by atoms with E-state index in [0.717, 1.165) is 24.7 Å². The molecular formula is C14H24ClN3O. The minimum Gasteiger partial charge on any atom is -0.374 e. The number of ether oxygens (including phenoxy) is 1. The zero-order valence-electron chi connectivity index (χ0n) is 12.1. The summed E-state index contributed by atoms with van der Waals surface area (Å²) >= 11 is 5.96. The molecule has 0 amide bonds. The number of anilines is 1. The standard InChI is InChI=1S/C14H24ClN3O/c1-4-19-10-14-17-12(15)9-13(18-14)16-8-6-5-7-11(2)3/h9,11H,4-8,10H2,1-3H3,(H,16,17,18). The SMILES string of the molecule is CCOCc1nc(Cl)cc(NCCCCC(C)C)n1. The van der Waals surface area contributed by atoms with Crippen LogP contribution in [0.1, 0.15) is 45.9 Å². The van der Waals surface area contributed by atoms with Crippen molar-refractivity contribution in [3.8, 4) is 0 Å². The highest BCUT2D eigenvalue weighted by Gasteiger charge is 2.03. The summed E-state index contributed by atoms with van der Waals surface area (Å²) in [7, 11) is 0. The fourth-order valence-electron chi connectivity index (χ4n) is 1.71. The van der Waals surface area contributed by atoms with Crippen LogP contribution in [-0.2, 0) is 11.3 Å². The van der Waals surface area contributed by atoms with Crippen LogP contribution in [0.25, 0.3) is 0 Å². The summed E-state index contributed by atoms with van der Waals surface area (Å²) in [5.41, 5.74) is 0. The molecule has 1 aromatic heterocycles. The third kappa shape index (κ3) is 7.33. The first-order chi connectivity index (χ1) is 9.11. The summed E-state index contributed by atoms with van der Waals surface area (Å²) in [6.07, 6.45) is 3.64. The number of aromatic nitrogens is 2. The lowest BCUT2D eigenvalue weighted by molar-refractivity contribution is 0.128. The van der Waals surface area contributed by atoms with Crippen LogP contribution >= 0.6 is 11.6 Å². The molecule has 0 aliphatic rings. The summed E-state index contributed by atoms with van der Waals surface area (Å²) in [5, 5.41) is 3.74. The van der Waals surface area contributed by atoms with Crippen LogP contribution in [0.3, 0.4) is 0 Å². The van der Waals surface area contributed by atoms with Crippen LogP contribution in [0.4, 0.5) is 5.82 Å². The monoisotopic (exact) mass is 285 g/mol. The first-order valence-electron chi connectivity index (χ1n) is 6.97. The Hall–Kier alpha value is -0.870. The second kappa shape index (κ2) is 9.10. The fourth-order valence-corrected chi connectivity index (χ4v) is 1.91. The number of hydrogen-bond donors (Lipinski definition) is 1. The van der Waals surface area contributed by atoms with Gasteiger partial charge in [-0.3, -0.25) is 0 Å². The molecule has 1 rings (SSSR count). The molecule has 0 saturated heterocycles. The molecule has 108 valence electrons. The van der Waals surface area contributed by atoms with Crippen molar-refractivity contribution in [1.82, 2.24) is 9.97 Å². The second-order valence-corrected chi connectivity index (χ2v) is 5.33. The predicted octanol–water partition coefficient (Wildman–Crippen LogP) is 3.90. The van der Waals surface area contributed by atoms with E-state index in [0.29, 0.717) is 24.2 Å². The van der Waals surface area contributed by atoms with Gasteiger partial charge in [-0.15, -0.1) is 0 Å². The average Bonchev–Trinajstić information content (AvgIpc) is 2.35. The van der Waals surface area contributed by atoms with Gasteiger partial charge in [0.1, 0.15) is 17.6 Å². The van der Waals surface area contributed by atoms with Gasteiger partial charge < -0.3 is 10.1 Å². The maximum Gasteiger partial charge on any atom is 0.158 e. The van der Waals surface area contributed by atoms with Gasteiger partial charge in [-0.1, -0.05) is 38.3 Å². The zero-order valence-corrected chi connectivity index (χ0v) is 12.8. The first-order valence-corrected chi connectivity index (χ1v) is 7.34. The summed E-state index contributed by atoms with van der Waals surface area (Å²) in [6, 6.07) is 1.75. The second-order valence-electron chi connectivity index (χ2n) is 4.95. The van der Waals surface area contributed by atoms with Crippen LogP contribution in [-0.4, -0.2) is 23.1 Å². The molecule has 1 N–H and O–H groups in total. The highest BCUT2D eigenvalue weighted by Crippen LogP contribution is 2.13. The lowest BCUT2D eigenvalue weighted by atomic mass is 10.1. The van der Waals surface area contributed by atoms with Crippen LogP contribution in [0.2, 0.25) is 5.15 Å². The molecule has 0 atom stereocenters. The van der Waals surface area contributed by atoms with E-state index in [-0.39, 0.29) is 0 Å². The van der Waals surface area contributed by atoms with Crippen molar-refractivity contribution >= 4 is 17.4 Å². The maximum atomic E-state index is 5.96. The molecule has 0 spiro atoms. The Morgan fingerprint density at radius 1 is 1.32 bits per heavy atom. The van der Waals surface area contributed by atoms with Crippen LogP contribution < -0.4 is 5.32 Å². The van der Waals surface area contributed by atoms with Gasteiger partial charge in [0, 0.05) is 19.2 Å². The van der Waals surface area contributed by atoms with Crippen LogP contribution in [0, 0.1) is 5.92 Å². The maximum absolute atomic E-state index is 5.96. The fraction of sp³-hybridized carbons (Fsp3) is 0.714. The summed E-state index contributed by atoms with van der Waals surface area (Å²) in [6.45, 7) is 8.40. The van der Waals surface area contributed by atoms with E-state index in [2.05, 4.69) is 29.1 Å². The minimum absolute atomic E-state index is 0.402. The molecule has 0 radical (unpaired) electrons. The van der Waals surface area contributed by atoms with E-state index >= 15 is 0 Å². The Labute approximate surface area is 120 Å². The van der Waals surface area contributed by atoms with Gasteiger partial charge in [-0.2, -0.15) is 0 Å². The van der Waals surface area contributed by atoms with Gasteiger partial charge in [0.15, 0.2) is 5.82 Å². The minimum atomic E-state index is 0.402. The van der Waals surface area contributed by atoms with Crippen molar-refractivity contribution in [2.24, 2.45) is 5.92 Å². The van der Waals surface area contributed by atoms with E-state index in [9.17, 15) is 0 Å². The molecule has 1 heterocycles. The van der Waals surface area contributed by atoms with E-state index in [4.69, 9.17) is 16.3 Å². The van der Waals surface area contributed by atoms with Gasteiger partial charge in [0.05, 0.1) is 0 Å². The van der Waals surface area contributed by atoms with E-state index in [1.54, 1.807) is 6.07 Å². The highest BCUT2D eigenvalue weighted by atomic mass is 35.5. The third-order valence-corrected chi connectivity index (χ3v) is 2.88. The molecule has 0 aliphatic carbocycles. The van der Waals surface area contributed by atoms with Crippen molar-refractivity contribution in [2.45, 2.75) is 46.6 Å². The summed E-state index contributed by atoms with van der Waals surface area (Å²) in [5.74, 6) is 2.17. The molecule has 0 aliphatic heterocycles. The number of unbranched alkanes of at least 4 members (excludes halogenated alkanes) is 1. The largest absolute Gasteiger partial charge is 0.374 e. The zero-order chi connectivity index (χ0) is 14.1. The van der Waals surface area contributed by atoms with Crippen molar-refractivity contribution in [1.29, 1.82) is 0 Å². The van der Waals surface area contributed by atoms with Crippen LogP contribution in [0.5, 0.6) is 0 Å². The molecule has 0 unspecified atom stereocenters. The molecule has 0 aromatic carbocycles. The van der Waals surface area contributed by atoms with Crippen molar-refractivity contribution in [3.05, 3.63) is 17.0 Å². The lowest BCUT2D eigenvalue weighted by Gasteiger charge is -2.08. The first kappa shape index (κ1) is 16.2. The normalized spacial score (nSPS) is 11.0. The quantitative estimate of drug-likeness (QED) is 0.552. The van der Waals surface area contributed by atoms with Crippen molar-refractivity contribution in [2.75, 3.05) is 18.5 Å². The summed E-state index contributed by atoms with van der Waals surface area (Å²) < 4.78 is 5.29. The van der Waals surface area contributed by atoms with Crippen molar-refractivity contribution in [3.63, 3.8) is 0 Å². The number of halogens is 1. The molecular weight excluding hydrogens is 262 g/mol. The predicted molar refractivity (Wildman–Crippen MR) is 79.6 cm³/mol. The van der Waals surface area contributed by atoms with Gasteiger partial charge in [-0.25, -0.2) is 9.97 Å². The Balaban J connectivity index is 2.38. The van der Waals surface area contributed by atoms with Gasteiger partial charge in [-0.05, 0) is 19.3 Å². The molecule has 0 bridgehead atoms. The van der Waals surface area contributed by atoms with Gasteiger partial charge in [0.25, 0.3) is 0 Å². The highest BCUT2D eigenvalue weighted by molar-refractivity contribution is 6.29. The van der Waals surface area contributed by atoms with Gasteiger partial charge >= 0.3 is 0 Å². The molecule has 0 saturated carbocycles. The Morgan fingerprint density at radius 2 is 2.11 bits per heavy atom. The van der Waals surface area contributed by atoms with E-state index in [1.165, 1.54) is 12.8 Å². The van der Waals surface area contributed by atoms with E-state index in [1.807, 2.05) is 6.92 Å². The average molecular weight is 286 g/mol. The molecule has 5 heteroatoms. The molecule has 0 fully saturated rings. The molecule has 1 aromatic rings. The number of rotatable bonds is 9. The Kier molecular flexibility index (Phi) is 7.75. The lowest BCUT2D eigenvalue weighted by Crippen LogP contribution is -2.07. The topological polar surface area (TPSA) is 47.0 Å². The van der Waals surface area contributed by atoms with E-state index < -0.39 is 0 Å². The van der Waals surface area contributed by atoms with Gasteiger partial charge in [0.2, 0.25) is 0 Å². The molecule has 19 heavy (non-hydrogen) atoms.